The molecule has 17 heavy (non-hydrogen) atoms. The maximum absolute atomic E-state index is 10.8. The van der Waals surface area contributed by atoms with Gasteiger partial charge in [-0.25, -0.2) is 0 Å². The van der Waals surface area contributed by atoms with Crippen LogP contribution < -0.4 is 0 Å². The van der Waals surface area contributed by atoms with Crippen LogP contribution in [0.1, 0.15) is 49.1 Å². The van der Waals surface area contributed by atoms with E-state index in [0.29, 0.717) is 18.3 Å². The number of rotatable bonds is 3. The molecule has 2 atom stereocenters. The Hall–Kier alpha value is -1.31. The minimum absolute atomic E-state index is 0.336. The summed E-state index contributed by atoms with van der Waals surface area (Å²) in [6, 6.07) is 8.69. The molecule has 0 spiro atoms. The van der Waals surface area contributed by atoms with Gasteiger partial charge in [-0.3, -0.25) is 4.79 Å². The van der Waals surface area contributed by atoms with Crippen molar-refractivity contribution >= 4 is 5.97 Å². The Kier molecular flexibility index (Phi) is 3.82. The zero-order valence-corrected chi connectivity index (χ0v) is 10.4. The Balaban J connectivity index is 2.01. The quantitative estimate of drug-likeness (QED) is 0.861. The summed E-state index contributed by atoms with van der Waals surface area (Å²) in [5.41, 5.74) is 2.66. The smallest absolute Gasteiger partial charge is 0.303 e. The van der Waals surface area contributed by atoms with Crippen LogP contribution in [0.3, 0.4) is 0 Å². The SMILES string of the molecule is Cc1ccc([C@H]2CCC[C@H](CC(=O)O)C2)cc1. The van der Waals surface area contributed by atoms with Gasteiger partial charge in [-0.15, -0.1) is 0 Å². The van der Waals surface area contributed by atoms with Gasteiger partial charge in [0.05, 0.1) is 0 Å². The van der Waals surface area contributed by atoms with Crippen molar-refractivity contribution in [3.63, 3.8) is 0 Å². The molecule has 1 aromatic carbocycles. The van der Waals surface area contributed by atoms with E-state index in [1.165, 1.54) is 17.5 Å². The average molecular weight is 232 g/mol. The Bertz CT molecular complexity index is 380. The van der Waals surface area contributed by atoms with E-state index >= 15 is 0 Å². The molecule has 1 N–H and O–H groups in total. The Morgan fingerprint density at radius 2 is 2.00 bits per heavy atom. The van der Waals surface area contributed by atoms with Crippen LogP contribution in [-0.4, -0.2) is 11.1 Å². The normalized spacial score (nSPS) is 24.5. The lowest BCUT2D eigenvalue weighted by atomic mass is 9.77. The fraction of sp³-hybridized carbons (Fsp3) is 0.533. The highest BCUT2D eigenvalue weighted by molar-refractivity contribution is 5.67. The van der Waals surface area contributed by atoms with E-state index in [1.807, 2.05) is 0 Å². The van der Waals surface area contributed by atoms with Gasteiger partial charge in [-0.2, -0.15) is 0 Å². The third kappa shape index (κ3) is 3.32. The lowest BCUT2D eigenvalue weighted by molar-refractivity contribution is -0.138. The highest BCUT2D eigenvalue weighted by Gasteiger charge is 2.24. The van der Waals surface area contributed by atoms with Crippen LogP contribution in [0.25, 0.3) is 0 Å². The van der Waals surface area contributed by atoms with E-state index in [1.54, 1.807) is 0 Å². The number of carbonyl (C=O) groups is 1. The van der Waals surface area contributed by atoms with Gasteiger partial charge >= 0.3 is 5.97 Å². The number of hydrogen-bond donors (Lipinski definition) is 1. The summed E-state index contributed by atoms with van der Waals surface area (Å²) in [5, 5.41) is 8.86. The second-order valence-electron chi connectivity index (χ2n) is 5.24. The van der Waals surface area contributed by atoms with Crippen molar-refractivity contribution < 1.29 is 9.90 Å². The topological polar surface area (TPSA) is 37.3 Å². The molecule has 2 heteroatoms. The number of benzene rings is 1. The molecule has 2 nitrogen and oxygen atoms in total. The van der Waals surface area contributed by atoms with Crippen molar-refractivity contribution in [3.8, 4) is 0 Å². The van der Waals surface area contributed by atoms with Crippen LogP contribution in [0.4, 0.5) is 0 Å². The first-order valence-corrected chi connectivity index (χ1v) is 6.43. The second kappa shape index (κ2) is 5.35. The van der Waals surface area contributed by atoms with Crippen LogP contribution in [-0.2, 0) is 4.79 Å². The molecule has 2 rings (SSSR count). The molecule has 1 aliphatic rings. The molecular weight excluding hydrogens is 212 g/mol. The highest BCUT2D eigenvalue weighted by Crippen LogP contribution is 2.37. The van der Waals surface area contributed by atoms with Gasteiger partial charge in [0.15, 0.2) is 0 Å². The van der Waals surface area contributed by atoms with Crippen LogP contribution in [0, 0.1) is 12.8 Å². The maximum Gasteiger partial charge on any atom is 0.303 e. The molecule has 92 valence electrons. The minimum Gasteiger partial charge on any atom is -0.481 e. The summed E-state index contributed by atoms with van der Waals surface area (Å²) in [4.78, 5) is 10.8. The number of aliphatic carboxylic acids is 1. The van der Waals surface area contributed by atoms with Crippen molar-refractivity contribution in [1.82, 2.24) is 0 Å². The standard InChI is InChI=1S/C15H20O2/c1-11-5-7-13(8-6-11)14-4-2-3-12(9-14)10-15(16)17/h5-8,12,14H,2-4,9-10H2,1H3,(H,16,17)/t12-,14-/m0/s1. The van der Waals surface area contributed by atoms with E-state index in [4.69, 9.17) is 5.11 Å². The maximum atomic E-state index is 10.8. The largest absolute Gasteiger partial charge is 0.481 e. The summed E-state index contributed by atoms with van der Waals surface area (Å²) in [6.07, 6.45) is 4.82. The zero-order chi connectivity index (χ0) is 12.3. The van der Waals surface area contributed by atoms with Gasteiger partial charge in [0, 0.05) is 6.42 Å². The van der Waals surface area contributed by atoms with E-state index < -0.39 is 5.97 Å². The van der Waals surface area contributed by atoms with Gasteiger partial charge in [0.2, 0.25) is 0 Å². The second-order valence-corrected chi connectivity index (χ2v) is 5.24. The van der Waals surface area contributed by atoms with Gasteiger partial charge in [-0.1, -0.05) is 36.2 Å². The van der Waals surface area contributed by atoms with E-state index in [0.717, 1.165) is 19.3 Å². The first-order valence-electron chi connectivity index (χ1n) is 6.43. The van der Waals surface area contributed by atoms with Crippen LogP contribution in [0.2, 0.25) is 0 Å². The molecule has 0 aromatic heterocycles. The van der Waals surface area contributed by atoms with Crippen molar-refractivity contribution in [3.05, 3.63) is 35.4 Å². The van der Waals surface area contributed by atoms with Crippen LogP contribution in [0.15, 0.2) is 24.3 Å². The predicted octanol–water partition coefficient (Wildman–Crippen LogP) is 3.74. The van der Waals surface area contributed by atoms with Gasteiger partial charge in [-0.05, 0) is 43.6 Å². The Morgan fingerprint density at radius 3 is 2.65 bits per heavy atom. The molecule has 0 bridgehead atoms. The minimum atomic E-state index is -0.653. The summed E-state index contributed by atoms with van der Waals surface area (Å²) < 4.78 is 0. The molecule has 1 fully saturated rings. The fourth-order valence-corrected chi connectivity index (χ4v) is 2.86. The molecule has 0 saturated heterocycles. The number of carboxylic acid groups (broad SMARTS) is 1. The van der Waals surface area contributed by atoms with Crippen molar-refractivity contribution in [2.45, 2.75) is 44.9 Å². The van der Waals surface area contributed by atoms with Crippen LogP contribution in [0.5, 0.6) is 0 Å². The third-order valence-electron chi connectivity index (χ3n) is 3.79. The highest BCUT2D eigenvalue weighted by atomic mass is 16.4. The summed E-state index contributed by atoms with van der Waals surface area (Å²) in [7, 11) is 0. The number of carboxylic acids is 1. The molecule has 0 aliphatic heterocycles. The number of aryl methyl sites for hydroxylation is 1. The van der Waals surface area contributed by atoms with Gasteiger partial charge in [0.1, 0.15) is 0 Å². The zero-order valence-electron chi connectivity index (χ0n) is 10.4. The van der Waals surface area contributed by atoms with Gasteiger partial charge in [0.25, 0.3) is 0 Å². The Labute approximate surface area is 103 Å². The fourth-order valence-electron chi connectivity index (χ4n) is 2.86. The molecule has 0 heterocycles. The van der Waals surface area contributed by atoms with E-state index in [2.05, 4.69) is 31.2 Å². The predicted molar refractivity (Wildman–Crippen MR) is 68.1 cm³/mol. The van der Waals surface area contributed by atoms with Crippen molar-refractivity contribution in [2.75, 3.05) is 0 Å². The molecule has 0 amide bonds. The van der Waals surface area contributed by atoms with E-state index in [9.17, 15) is 4.79 Å². The van der Waals surface area contributed by atoms with Gasteiger partial charge < -0.3 is 5.11 Å². The summed E-state index contributed by atoms with van der Waals surface area (Å²) in [6.45, 7) is 2.10. The number of hydrogen-bond acceptors (Lipinski definition) is 1. The first-order chi connectivity index (χ1) is 8.15. The lowest BCUT2D eigenvalue weighted by Gasteiger charge is -2.28. The van der Waals surface area contributed by atoms with E-state index in [-0.39, 0.29) is 0 Å². The monoisotopic (exact) mass is 232 g/mol. The summed E-state index contributed by atoms with van der Waals surface area (Å²) >= 11 is 0. The molecular formula is C15H20O2. The van der Waals surface area contributed by atoms with Crippen molar-refractivity contribution in [2.24, 2.45) is 5.92 Å². The summed E-state index contributed by atoms with van der Waals surface area (Å²) in [5.74, 6) is 0.279. The molecule has 0 unspecified atom stereocenters. The molecule has 1 aliphatic carbocycles. The third-order valence-corrected chi connectivity index (χ3v) is 3.79. The van der Waals surface area contributed by atoms with Crippen molar-refractivity contribution in [1.29, 1.82) is 0 Å². The molecule has 1 saturated carbocycles. The first kappa shape index (κ1) is 12.2. The molecule has 0 radical (unpaired) electrons. The lowest BCUT2D eigenvalue weighted by Crippen LogP contribution is -2.17. The average Bonchev–Trinajstić information content (AvgIpc) is 2.29. The Morgan fingerprint density at radius 1 is 1.29 bits per heavy atom. The molecule has 1 aromatic rings. The van der Waals surface area contributed by atoms with Crippen LogP contribution >= 0.6 is 0 Å².